The molecule has 1 fully saturated rings. The van der Waals surface area contributed by atoms with Crippen molar-refractivity contribution in [3.8, 4) is 17.2 Å². The van der Waals surface area contributed by atoms with E-state index in [1.54, 1.807) is 12.1 Å². The fourth-order valence-corrected chi connectivity index (χ4v) is 2.27. The van der Waals surface area contributed by atoms with Crippen molar-refractivity contribution < 1.29 is 24.1 Å². The highest BCUT2D eigenvalue weighted by Gasteiger charge is 2.23. The van der Waals surface area contributed by atoms with Crippen LogP contribution in [0.3, 0.4) is 0 Å². The van der Waals surface area contributed by atoms with E-state index < -0.39 is 6.09 Å². The lowest BCUT2D eigenvalue weighted by Crippen LogP contribution is -2.54. The fraction of sp³-hybridized carbons (Fsp3) is 0.462. The summed E-state index contributed by atoms with van der Waals surface area (Å²) in [7, 11) is 0. The molecule has 3 rings (SSSR count). The third-order valence-corrected chi connectivity index (χ3v) is 3.32. The van der Waals surface area contributed by atoms with Gasteiger partial charge in [0.05, 0.1) is 6.04 Å². The highest BCUT2D eigenvalue weighted by molar-refractivity contribution is 5.65. The smallest absolute Gasteiger partial charge is 0.407 e. The standard InChI is InChI=1S/C13H16N2O5/c16-13(17)15-4-3-14-9(6-15)7-18-10-1-2-11-12(5-10)20-8-19-11/h1-2,5,9,14H,3-4,6-8H2,(H,16,17). The number of nitrogens with one attached hydrogen (secondary N) is 1. The van der Waals surface area contributed by atoms with Crippen LogP contribution in [0.15, 0.2) is 18.2 Å². The quantitative estimate of drug-likeness (QED) is 0.850. The molecule has 0 radical (unpaired) electrons. The predicted octanol–water partition coefficient (Wildman–Crippen LogP) is 0.746. The fourth-order valence-electron chi connectivity index (χ4n) is 2.27. The molecule has 1 aromatic carbocycles. The molecule has 1 atom stereocenters. The Kier molecular flexibility index (Phi) is 3.51. The maximum Gasteiger partial charge on any atom is 0.407 e. The van der Waals surface area contributed by atoms with E-state index in [4.69, 9.17) is 19.3 Å². The van der Waals surface area contributed by atoms with Crippen LogP contribution in [0.1, 0.15) is 0 Å². The number of carboxylic acid groups (broad SMARTS) is 1. The number of amides is 1. The molecule has 108 valence electrons. The Morgan fingerprint density at radius 2 is 2.30 bits per heavy atom. The number of rotatable bonds is 3. The van der Waals surface area contributed by atoms with Gasteiger partial charge in [0.2, 0.25) is 6.79 Å². The lowest BCUT2D eigenvalue weighted by atomic mass is 10.2. The van der Waals surface area contributed by atoms with Gasteiger partial charge in [0.15, 0.2) is 11.5 Å². The van der Waals surface area contributed by atoms with Gasteiger partial charge in [-0.3, -0.25) is 0 Å². The molecule has 0 aromatic heterocycles. The molecule has 2 aliphatic rings. The average Bonchev–Trinajstić information content (AvgIpc) is 2.93. The zero-order chi connectivity index (χ0) is 13.9. The predicted molar refractivity (Wildman–Crippen MR) is 69.4 cm³/mol. The summed E-state index contributed by atoms with van der Waals surface area (Å²) in [5, 5.41) is 12.2. The molecule has 0 spiro atoms. The van der Waals surface area contributed by atoms with E-state index in [-0.39, 0.29) is 12.8 Å². The van der Waals surface area contributed by atoms with Gasteiger partial charge in [-0.25, -0.2) is 4.79 Å². The average molecular weight is 280 g/mol. The molecule has 0 saturated carbocycles. The Bertz CT molecular complexity index is 508. The summed E-state index contributed by atoms with van der Waals surface area (Å²) < 4.78 is 16.2. The number of fused-ring (bicyclic) bond motifs is 1. The Morgan fingerprint density at radius 3 is 3.15 bits per heavy atom. The van der Waals surface area contributed by atoms with Gasteiger partial charge in [0.1, 0.15) is 12.4 Å². The van der Waals surface area contributed by atoms with E-state index in [1.807, 2.05) is 6.07 Å². The minimum Gasteiger partial charge on any atom is -0.492 e. The van der Waals surface area contributed by atoms with Gasteiger partial charge >= 0.3 is 6.09 Å². The van der Waals surface area contributed by atoms with Crippen molar-refractivity contribution in [2.24, 2.45) is 0 Å². The van der Waals surface area contributed by atoms with E-state index in [9.17, 15) is 4.79 Å². The summed E-state index contributed by atoms with van der Waals surface area (Å²) in [4.78, 5) is 12.3. The maximum atomic E-state index is 10.9. The summed E-state index contributed by atoms with van der Waals surface area (Å²) in [6, 6.07) is 5.38. The van der Waals surface area contributed by atoms with Gasteiger partial charge in [0.25, 0.3) is 0 Å². The van der Waals surface area contributed by atoms with Crippen molar-refractivity contribution >= 4 is 6.09 Å². The van der Waals surface area contributed by atoms with Gasteiger partial charge in [-0.15, -0.1) is 0 Å². The van der Waals surface area contributed by atoms with Crippen LogP contribution < -0.4 is 19.5 Å². The van der Waals surface area contributed by atoms with E-state index in [1.165, 1.54) is 4.90 Å². The van der Waals surface area contributed by atoms with E-state index in [0.29, 0.717) is 43.5 Å². The molecule has 1 aromatic rings. The molecule has 1 saturated heterocycles. The minimum absolute atomic E-state index is 0.00901. The van der Waals surface area contributed by atoms with Crippen molar-refractivity contribution in [3.63, 3.8) is 0 Å². The van der Waals surface area contributed by atoms with Crippen molar-refractivity contribution in [1.29, 1.82) is 0 Å². The highest BCUT2D eigenvalue weighted by atomic mass is 16.7. The first-order valence-electron chi connectivity index (χ1n) is 6.46. The van der Waals surface area contributed by atoms with E-state index in [0.717, 1.165) is 0 Å². The number of ether oxygens (including phenoxy) is 3. The van der Waals surface area contributed by atoms with Gasteiger partial charge in [-0.05, 0) is 12.1 Å². The van der Waals surface area contributed by atoms with Crippen LogP contribution in [0.5, 0.6) is 17.2 Å². The number of carbonyl (C=O) groups is 1. The van der Waals surface area contributed by atoms with Crippen LogP contribution >= 0.6 is 0 Å². The van der Waals surface area contributed by atoms with Crippen LogP contribution in [0, 0.1) is 0 Å². The van der Waals surface area contributed by atoms with Gasteiger partial charge in [-0.1, -0.05) is 0 Å². The number of hydrogen-bond acceptors (Lipinski definition) is 5. The first kappa shape index (κ1) is 12.9. The molecule has 2 heterocycles. The molecule has 1 amide bonds. The van der Waals surface area contributed by atoms with Gasteiger partial charge < -0.3 is 29.5 Å². The normalized spacial score (nSPS) is 20.8. The monoisotopic (exact) mass is 280 g/mol. The van der Waals surface area contributed by atoms with Crippen molar-refractivity contribution in [2.75, 3.05) is 33.0 Å². The molecule has 0 bridgehead atoms. The summed E-state index contributed by atoms with van der Waals surface area (Å²) >= 11 is 0. The maximum absolute atomic E-state index is 10.9. The second-order valence-corrected chi connectivity index (χ2v) is 4.71. The topological polar surface area (TPSA) is 80.3 Å². The van der Waals surface area contributed by atoms with Crippen molar-refractivity contribution in [2.45, 2.75) is 6.04 Å². The molecule has 7 heteroatoms. The van der Waals surface area contributed by atoms with Crippen LogP contribution in [0.2, 0.25) is 0 Å². The molecular weight excluding hydrogens is 264 g/mol. The number of hydrogen-bond donors (Lipinski definition) is 2. The molecule has 2 aliphatic heterocycles. The minimum atomic E-state index is -0.889. The molecule has 2 N–H and O–H groups in total. The largest absolute Gasteiger partial charge is 0.492 e. The van der Waals surface area contributed by atoms with Crippen molar-refractivity contribution in [1.82, 2.24) is 10.2 Å². The third-order valence-electron chi connectivity index (χ3n) is 3.32. The Hall–Kier alpha value is -2.15. The molecule has 1 unspecified atom stereocenters. The summed E-state index contributed by atoms with van der Waals surface area (Å²) in [6.45, 7) is 2.22. The Labute approximate surface area is 116 Å². The van der Waals surface area contributed by atoms with Gasteiger partial charge in [0, 0.05) is 25.7 Å². The third kappa shape index (κ3) is 2.72. The molecule has 20 heavy (non-hydrogen) atoms. The first-order chi connectivity index (χ1) is 9.72. The van der Waals surface area contributed by atoms with E-state index in [2.05, 4.69) is 5.32 Å². The summed E-state index contributed by atoms with van der Waals surface area (Å²) in [5.41, 5.74) is 0. The Morgan fingerprint density at radius 1 is 1.45 bits per heavy atom. The van der Waals surface area contributed by atoms with Crippen LogP contribution in [-0.2, 0) is 0 Å². The zero-order valence-corrected chi connectivity index (χ0v) is 10.9. The Balaban J connectivity index is 1.55. The number of nitrogens with zero attached hydrogens (tertiary/aromatic N) is 1. The van der Waals surface area contributed by atoms with Crippen molar-refractivity contribution in [3.05, 3.63) is 18.2 Å². The molecule has 0 aliphatic carbocycles. The SMILES string of the molecule is O=C(O)N1CCNC(COc2ccc3c(c2)OCO3)C1. The second kappa shape index (κ2) is 5.46. The highest BCUT2D eigenvalue weighted by Crippen LogP contribution is 2.35. The lowest BCUT2D eigenvalue weighted by molar-refractivity contribution is 0.118. The van der Waals surface area contributed by atoms with Gasteiger partial charge in [-0.2, -0.15) is 0 Å². The lowest BCUT2D eigenvalue weighted by Gasteiger charge is -2.31. The first-order valence-corrected chi connectivity index (χ1v) is 6.46. The molecular formula is C13H16N2O5. The van der Waals surface area contributed by atoms with Crippen LogP contribution in [-0.4, -0.2) is 55.2 Å². The summed E-state index contributed by atoms with van der Waals surface area (Å²) in [6.07, 6.45) is -0.889. The number of piperazine rings is 1. The van der Waals surface area contributed by atoms with E-state index >= 15 is 0 Å². The summed E-state index contributed by atoms with van der Waals surface area (Å²) in [5.74, 6) is 2.07. The number of benzene rings is 1. The zero-order valence-electron chi connectivity index (χ0n) is 10.9. The van der Waals surface area contributed by atoms with Crippen LogP contribution in [0.4, 0.5) is 4.79 Å². The second-order valence-electron chi connectivity index (χ2n) is 4.71. The van der Waals surface area contributed by atoms with Crippen LogP contribution in [0.25, 0.3) is 0 Å². The molecule has 7 nitrogen and oxygen atoms in total.